The molecule has 2 rings (SSSR count). The van der Waals surface area contributed by atoms with Crippen molar-refractivity contribution in [3.63, 3.8) is 0 Å². The first-order chi connectivity index (χ1) is 12.0. The molecule has 25 heavy (non-hydrogen) atoms. The van der Waals surface area contributed by atoms with Crippen LogP contribution in [0.25, 0.3) is 0 Å². The van der Waals surface area contributed by atoms with E-state index in [2.05, 4.69) is 15.6 Å². The molecule has 0 bridgehead atoms. The number of hydrogen-bond acceptors (Lipinski definition) is 4. The van der Waals surface area contributed by atoms with Crippen molar-refractivity contribution < 1.29 is 22.6 Å². The predicted molar refractivity (Wildman–Crippen MR) is 89.8 cm³/mol. The lowest BCUT2D eigenvalue weighted by molar-refractivity contribution is -0.143. The number of guanidine groups is 1. The molecule has 0 radical (unpaired) electrons. The normalized spacial score (nSPS) is 25.5. The lowest BCUT2D eigenvalue weighted by Crippen LogP contribution is -2.45. The fourth-order valence-electron chi connectivity index (χ4n) is 3.01. The Morgan fingerprint density at radius 1 is 1.36 bits per heavy atom. The molecule has 2 aliphatic heterocycles. The summed E-state index contributed by atoms with van der Waals surface area (Å²) in [5, 5.41) is 6.38. The molecule has 0 amide bonds. The van der Waals surface area contributed by atoms with Crippen molar-refractivity contribution in [1.82, 2.24) is 15.5 Å². The van der Waals surface area contributed by atoms with Gasteiger partial charge in [0.2, 0.25) is 0 Å². The predicted octanol–water partition coefficient (Wildman–Crippen LogP) is 1.37. The van der Waals surface area contributed by atoms with E-state index in [1.807, 2.05) is 6.92 Å². The standard InChI is InChI=1S/C16H29F3N4O2/c1-2-20-15(21-6-3-8-25-14-5-9-24-11-14)22-13-4-7-23(10-13)12-16(17,18)19/h13-14H,2-12H2,1H3,(H2,20,21,22). The number of rotatable bonds is 8. The summed E-state index contributed by atoms with van der Waals surface area (Å²) >= 11 is 0. The molecule has 0 aliphatic carbocycles. The van der Waals surface area contributed by atoms with Crippen molar-refractivity contribution in [3.05, 3.63) is 0 Å². The molecule has 6 nitrogen and oxygen atoms in total. The molecule has 2 unspecified atom stereocenters. The van der Waals surface area contributed by atoms with Crippen LogP contribution < -0.4 is 10.6 Å². The quantitative estimate of drug-likeness (QED) is 0.386. The third-order valence-corrected chi connectivity index (χ3v) is 4.17. The van der Waals surface area contributed by atoms with Gasteiger partial charge in [-0.3, -0.25) is 9.89 Å². The van der Waals surface area contributed by atoms with E-state index in [4.69, 9.17) is 9.47 Å². The maximum Gasteiger partial charge on any atom is 0.401 e. The molecule has 146 valence electrons. The highest BCUT2D eigenvalue weighted by Gasteiger charge is 2.34. The van der Waals surface area contributed by atoms with Crippen LogP contribution >= 0.6 is 0 Å². The second-order valence-electron chi connectivity index (χ2n) is 6.45. The van der Waals surface area contributed by atoms with E-state index in [0.29, 0.717) is 51.8 Å². The lowest BCUT2D eigenvalue weighted by atomic mass is 10.3. The van der Waals surface area contributed by atoms with Crippen LogP contribution in [-0.4, -0.2) is 81.7 Å². The Hall–Kier alpha value is -1.06. The van der Waals surface area contributed by atoms with Gasteiger partial charge in [-0.05, 0) is 26.2 Å². The van der Waals surface area contributed by atoms with Crippen molar-refractivity contribution in [2.75, 3.05) is 52.5 Å². The molecule has 2 fully saturated rings. The van der Waals surface area contributed by atoms with Gasteiger partial charge in [-0.25, -0.2) is 0 Å². The summed E-state index contributed by atoms with van der Waals surface area (Å²) in [5.41, 5.74) is 0. The van der Waals surface area contributed by atoms with Gasteiger partial charge in [0.1, 0.15) is 0 Å². The number of ether oxygens (including phenoxy) is 2. The summed E-state index contributed by atoms with van der Waals surface area (Å²) in [6, 6.07) is -0.00737. The molecule has 0 spiro atoms. The molecule has 0 aromatic heterocycles. The number of nitrogens with one attached hydrogen (secondary N) is 2. The summed E-state index contributed by atoms with van der Waals surface area (Å²) in [6.45, 7) is 5.35. The molecule has 2 N–H and O–H groups in total. The van der Waals surface area contributed by atoms with Crippen molar-refractivity contribution in [2.45, 2.75) is 44.5 Å². The van der Waals surface area contributed by atoms with Crippen LogP contribution in [-0.2, 0) is 9.47 Å². The molecule has 0 aromatic rings. The maximum atomic E-state index is 12.5. The van der Waals surface area contributed by atoms with E-state index in [9.17, 15) is 13.2 Å². The maximum absolute atomic E-state index is 12.5. The lowest BCUT2D eigenvalue weighted by Gasteiger charge is -2.19. The molecular weight excluding hydrogens is 337 g/mol. The Bertz CT molecular complexity index is 415. The highest BCUT2D eigenvalue weighted by Crippen LogP contribution is 2.19. The minimum atomic E-state index is -4.14. The van der Waals surface area contributed by atoms with Gasteiger partial charge in [0.05, 0.1) is 19.3 Å². The van der Waals surface area contributed by atoms with Gasteiger partial charge in [-0.2, -0.15) is 13.2 Å². The van der Waals surface area contributed by atoms with E-state index in [1.165, 1.54) is 4.90 Å². The third kappa shape index (κ3) is 8.24. The summed E-state index contributed by atoms with van der Waals surface area (Å²) in [5.74, 6) is 0.658. The molecule has 2 heterocycles. The first-order valence-electron chi connectivity index (χ1n) is 8.99. The number of aliphatic imine (C=N–C) groups is 1. The molecule has 9 heteroatoms. The number of alkyl halides is 3. The van der Waals surface area contributed by atoms with Gasteiger partial charge in [0.25, 0.3) is 0 Å². The highest BCUT2D eigenvalue weighted by atomic mass is 19.4. The van der Waals surface area contributed by atoms with E-state index in [-0.39, 0.29) is 12.1 Å². The van der Waals surface area contributed by atoms with Crippen molar-refractivity contribution in [3.8, 4) is 0 Å². The Morgan fingerprint density at radius 2 is 2.20 bits per heavy atom. The van der Waals surface area contributed by atoms with E-state index in [1.54, 1.807) is 0 Å². The topological polar surface area (TPSA) is 58.1 Å². The fraction of sp³-hybridized carbons (Fsp3) is 0.938. The van der Waals surface area contributed by atoms with Gasteiger partial charge >= 0.3 is 6.18 Å². The van der Waals surface area contributed by atoms with Crippen LogP contribution in [0.4, 0.5) is 13.2 Å². The van der Waals surface area contributed by atoms with Crippen molar-refractivity contribution >= 4 is 5.96 Å². The number of hydrogen-bond donors (Lipinski definition) is 2. The molecule has 2 atom stereocenters. The van der Waals surface area contributed by atoms with E-state index < -0.39 is 12.7 Å². The van der Waals surface area contributed by atoms with Crippen molar-refractivity contribution in [2.24, 2.45) is 4.99 Å². The number of likely N-dealkylation sites (tertiary alicyclic amines) is 1. The van der Waals surface area contributed by atoms with Gasteiger partial charge in [0.15, 0.2) is 5.96 Å². The Labute approximate surface area is 147 Å². The second kappa shape index (κ2) is 10.2. The zero-order chi connectivity index (χ0) is 18.1. The summed E-state index contributed by atoms with van der Waals surface area (Å²) in [7, 11) is 0. The third-order valence-electron chi connectivity index (χ3n) is 4.17. The largest absolute Gasteiger partial charge is 0.401 e. The van der Waals surface area contributed by atoms with Crippen LogP contribution in [0, 0.1) is 0 Å². The SMILES string of the molecule is CCNC(=NCCCOC1CCOC1)NC1CCN(CC(F)(F)F)C1. The Kier molecular flexibility index (Phi) is 8.25. The summed E-state index contributed by atoms with van der Waals surface area (Å²) in [6.07, 6.45) is -1.50. The van der Waals surface area contributed by atoms with Crippen molar-refractivity contribution in [1.29, 1.82) is 0 Å². The molecule has 0 aromatic carbocycles. The first-order valence-corrected chi connectivity index (χ1v) is 8.99. The van der Waals surface area contributed by atoms with Gasteiger partial charge in [-0.1, -0.05) is 0 Å². The smallest absolute Gasteiger partial charge is 0.379 e. The highest BCUT2D eigenvalue weighted by molar-refractivity contribution is 5.80. The number of nitrogens with zero attached hydrogens (tertiary/aromatic N) is 2. The average Bonchev–Trinajstić information content (AvgIpc) is 3.17. The van der Waals surface area contributed by atoms with Crippen LogP contribution in [0.3, 0.4) is 0 Å². The van der Waals surface area contributed by atoms with Gasteiger partial charge < -0.3 is 20.1 Å². The Morgan fingerprint density at radius 3 is 2.88 bits per heavy atom. The summed E-state index contributed by atoms with van der Waals surface area (Å²) in [4.78, 5) is 5.91. The zero-order valence-corrected chi connectivity index (χ0v) is 14.8. The van der Waals surface area contributed by atoms with E-state index in [0.717, 1.165) is 19.4 Å². The minimum Gasteiger partial charge on any atom is -0.379 e. The van der Waals surface area contributed by atoms with Gasteiger partial charge in [-0.15, -0.1) is 0 Å². The average molecular weight is 366 g/mol. The molecule has 2 saturated heterocycles. The first kappa shape index (κ1) is 20.3. The zero-order valence-electron chi connectivity index (χ0n) is 14.8. The van der Waals surface area contributed by atoms with E-state index >= 15 is 0 Å². The van der Waals surface area contributed by atoms with Crippen LogP contribution in [0.15, 0.2) is 4.99 Å². The van der Waals surface area contributed by atoms with Crippen LogP contribution in [0.1, 0.15) is 26.2 Å². The Balaban J connectivity index is 1.66. The minimum absolute atomic E-state index is 0.00737. The molecular formula is C16H29F3N4O2. The summed E-state index contributed by atoms with van der Waals surface area (Å²) < 4.78 is 48.3. The van der Waals surface area contributed by atoms with Crippen LogP contribution in [0.5, 0.6) is 0 Å². The van der Waals surface area contributed by atoms with Gasteiger partial charge in [0, 0.05) is 45.4 Å². The molecule has 2 aliphatic rings. The molecule has 0 saturated carbocycles. The fourth-order valence-corrected chi connectivity index (χ4v) is 3.01. The van der Waals surface area contributed by atoms with Crippen LogP contribution in [0.2, 0.25) is 0 Å². The second-order valence-corrected chi connectivity index (χ2v) is 6.45. The number of halogens is 3. The monoisotopic (exact) mass is 366 g/mol.